The van der Waals surface area contributed by atoms with Crippen LogP contribution in [-0.2, 0) is 9.59 Å². The van der Waals surface area contributed by atoms with Crippen LogP contribution < -0.4 is 29.0 Å². The number of quaternary nitrogens is 1. The van der Waals surface area contributed by atoms with Crippen LogP contribution >= 0.6 is 0 Å². The van der Waals surface area contributed by atoms with Crippen molar-refractivity contribution >= 4 is 17.4 Å². The number of benzene rings is 2. The topological polar surface area (TPSA) is 102 Å². The van der Waals surface area contributed by atoms with E-state index in [4.69, 9.17) is 18.9 Å². The summed E-state index contributed by atoms with van der Waals surface area (Å²) in [5, 5.41) is 13.7. The van der Waals surface area contributed by atoms with E-state index < -0.39 is 23.5 Å². The minimum absolute atomic E-state index is 0.109. The number of ether oxygens (including phenoxy) is 4. The lowest BCUT2D eigenvalue weighted by atomic mass is 9.94. The number of methoxy groups -OCH3 is 4. The van der Waals surface area contributed by atoms with Gasteiger partial charge in [-0.2, -0.15) is 0 Å². The summed E-state index contributed by atoms with van der Waals surface area (Å²) in [7, 11) is 5.97. The molecule has 9 heteroatoms. The first-order valence-corrected chi connectivity index (χ1v) is 12.4. The van der Waals surface area contributed by atoms with E-state index in [2.05, 4.69) is 13.8 Å². The van der Waals surface area contributed by atoms with E-state index in [9.17, 15) is 14.7 Å². The summed E-state index contributed by atoms with van der Waals surface area (Å²) in [6.45, 7) is 7.31. The fraction of sp³-hybridized carbons (Fsp3) is 0.429. The van der Waals surface area contributed by atoms with Crippen LogP contribution in [0.4, 0.5) is 0 Å². The minimum atomic E-state index is -0.904. The van der Waals surface area contributed by atoms with Crippen LogP contribution in [0.2, 0.25) is 0 Å². The van der Waals surface area contributed by atoms with Gasteiger partial charge in [0.05, 0.1) is 54.1 Å². The Hall–Kier alpha value is -3.72. The van der Waals surface area contributed by atoms with Gasteiger partial charge in [-0.1, -0.05) is 17.9 Å². The molecule has 3 rings (SSSR count). The highest BCUT2D eigenvalue weighted by molar-refractivity contribution is 6.46. The zero-order valence-corrected chi connectivity index (χ0v) is 22.4. The van der Waals surface area contributed by atoms with Gasteiger partial charge in [0.25, 0.3) is 5.91 Å². The molecular formula is C28H36N2O7. The molecule has 1 aliphatic heterocycles. The third-order valence-corrected chi connectivity index (χ3v) is 6.79. The number of likely N-dealkylation sites (tertiary alicyclic amines) is 1. The van der Waals surface area contributed by atoms with Gasteiger partial charge in [0, 0.05) is 18.5 Å². The highest BCUT2D eigenvalue weighted by atomic mass is 16.5. The molecule has 1 amide bonds. The fourth-order valence-corrected chi connectivity index (χ4v) is 4.73. The van der Waals surface area contributed by atoms with Crippen LogP contribution in [0.5, 0.6) is 23.0 Å². The monoisotopic (exact) mass is 512 g/mol. The second-order valence-electron chi connectivity index (χ2n) is 8.72. The van der Waals surface area contributed by atoms with Crippen LogP contribution in [0, 0.1) is 0 Å². The molecule has 37 heavy (non-hydrogen) atoms. The Labute approximate surface area is 218 Å². The molecule has 2 aromatic carbocycles. The van der Waals surface area contributed by atoms with Crippen LogP contribution in [0.25, 0.3) is 5.76 Å². The summed E-state index contributed by atoms with van der Waals surface area (Å²) in [6.07, 6.45) is 0.678. The maximum atomic E-state index is 13.7. The van der Waals surface area contributed by atoms with Crippen molar-refractivity contribution in [3.05, 3.63) is 53.1 Å². The highest BCUT2D eigenvalue weighted by Gasteiger charge is 2.44. The molecule has 1 fully saturated rings. The molecule has 0 spiro atoms. The number of carbonyl (C=O) groups is 2. The molecule has 0 aliphatic carbocycles. The number of rotatable bonds is 12. The van der Waals surface area contributed by atoms with E-state index >= 15 is 0 Å². The zero-order chi connectivity index (χ0) is 27.1. The normalized spacial score (nSPS) is 16.8. The Bertz CT molecular complexity index is 1130. The van der Waals surface area contributed by atoms with Gasteiger partial charge in [0.15, 0.2) is 11.5 Å². The standard InChI is InChI=1S/C28H36N2O7/c1-7-29(8-2)13-10-14-30-24(19-16-21(35-4)27(37-6)22(17-19)36-5)23(26(32)28(30)33)25(31)18-11-9-12-20(15-18)34-3/h9,11-12,15-17,24,31H,7-8,10,13-14H2,1-6H3. The van der Waals surface area contributed by atoms with E-state index in [1.165, 1.54) is 38.2 Å². The van der Waals surface area contributed by atoms with Crippen molar-refractivity contribution in [1.82, 2.24) is 4.90 Å². The quantitative estimate of drug-likeness (QED) is 0.260. The van der Waals surface area contributed by atoms with Crippen LogP contribution in [0.15, 0.2) is 42.0 Å². The predicted octanol–water partition coefficient (Wildman–Crippen LogP) is 1.26. The zero-order valence-electron chi connectivity index (χ0n) is 22.4. The maximum Gasteiger partial charge on any atom is 0.295 e. The first kappa shape index (κ1) is 27.9. The predicted molar refractivity (Wildman–Crippen MR) is 137 cm³/mol. The summed E-state index contributed by atoms with van der Waals surface area (Å²) < 4.78 is 21.7. The first-order valence-electron chi connectivity index (χ1n) is 12.4. The smallest absolute Gasteiger partial charge is 0.295 e. The number of hydrogen-bond acceptors (Lipinski definition) is 7. The molecule has 2 aromatic rings. The van der Waals surface area contributed by atoms with Crippen LogP contribution in [-0.4, -0.2) is 71.2 Å². The van der Waals surface area contributed by atoms with Crippen molar-refractivity contribution in [2.24, 2.45) is 0 Å². The number of nitrogens with zero attached hydrogens (tertiary/aromatic N) is 1. The summed E-state index contributed by atoms with van der Waals surface area (Å²) in [4.78, 5) is 29.5. The van der Waals surface area contributed by atoms with Crippen molar-refractivity contribution in [2.45, 2.75) is 26.3 Å². The number of Topliss-reactive ketones (excluding diaryl/α,β-unsaturated/α-hetero) is 1. The Morgan fingerprint density at radius 1 is 0.946 bits per heavy atom. The molecule has 0 radical (unpaired) electrons. The summed E-state index contributed by atoms with van der Waals surface area (Å²) in [5.41, 5.74) is 0.681. The molecule has 0 bridgehead atoms. The van der Waals surface area contributed by atoms with Gasteiger partial charge >= 0.3 is 0 Å². The Kier molecular flexibility index (Phi) is 9.41. The lowest BCUT2D eigenvalue weighted by Gasteiger charge is -2.29. The second kappa shape index (κ2) is 12.5. The Morgan fingerprint density at radius 2 is 1.59 bits per heavy atom. The fourth-order valence-electron chi connectivity index (χ4n) is 4.73. The highest BCUT2D eigenvalue weighted by Crippen LogP contribution is 2.45. The number of ketones is 1. The Morgan fingerprint density at radius 3 is 2.14 bits per heavy atom. The average molecular weight is 513 g/mol. The van der Waals surface area contributed by atoms with Crippen molar-refractivity contribution in [3.63, 3.8) is 0 Å². The third kappa shape index (κ3) is 5.67. The summed E-state index contributed by atoms with van der Waals surface area (Å²) in [5.74, 6) is -0.434. The van der Waals surface area contributed by atoms with Gasteiger partial charge in [0.2, 0.25) is 11.5 Å². The molecule has 0 saturated carbocycles. The first-order chi connectivity index (χ1) is 17.8. The molecule has 1 unspecified atom stereocenters. The van der Waals surface area contributed by atoms with Gasteiger partial charge in [-0.05, 0) is 49.2 Å². The Balaban J connectivity index is 2.18. The molecule has 0 aromatic heterocycles. The van der Waals surface area contributed by atoms with E-state index in [0.717, 1.165) is 19.6 Å². The molecule has 1 heterocycles. The van der Waals surface area contributed by atoms with E-state index in [1.54, 1.807) is 36.4 Å². The number of hydrogen-bond donors (Lipinski definition) is 1. The maximum absolute atomic E-state index is 13.7. The van der Waals surface area contributed by atoms with E-state index in [1.807, 2.05) is 0 Å². The lowest BCUT2D eigenvalue weighted by molar-refractivity contribution is -0.896. The van der Waals surface area contributed by atoms with Gasteiger partial charge in [-0.25, -0.2) is 0 Å². The number of amides is 1. The van der Waals surface area contributed by atoms with Gasteiger partial charge in [-0.3, -0.25) is 9.59 Å². The molecule has 1 atom stereocenters. The van der Waals surface area contributed by atoms with Crippen LogP contribution in [0.1, 0.15) is 37.4 Å². The van der Waals surface area contributed by atoms with Gasteiger partial charge < -0.3 is 33.9 Å². The van der Waals surface area contributed by atoms with Crippen molar-refractivity contribution < 1.29 is 38.5 Å². The molecular weight excluding hydrogens is 476 g/mol. The molecule has 1 N–H and O–H groups in total. The molecule has 1 saturated heterocycles. The molecule has 200 valence electrons. The average Bonchev–Trinajstić information content (AvgIpc) is 3.18. The number of nitrogens with one attached hydrogen (secondary N) is 1. The molecule has 9 nitrogen and oxygen atoms in total. The van der Waals surface area contributed by atoms with Gasteiger partial charge in [-0.15, -0.1) is 0 Å². The van der Waals surface area contributed by atoms with E-state index in [0.29, 0.717) is 41.5 Å². The number of carbonyl (C=O) groups excluding carboxylic acids is 2. The van der Waals surface area contributed by atoms with Crippen molar-refractivity contribution in [3.8, 4) is 23.0 Å². The lowest BCUT2D eigenvalue weighted by Crippen LogP contribution is -3.11. The van der Waals surface area contributed by atoms with Gasteiger partial charge in [0.1, 0.15) is 5.75 Å². The SMILES string of the molecule is CC[NH+](CC)CCCN1C(=O)C(=O)C(=C([O-])c2cccc(OC)c2)C1c1cc(OC)c(OC)c(OC)c1. The largest absolute Gasteiger partial charge is 0.872 e. The minimum Gasteiger partial charge on any atom is -0.872 e. The van der Waals surface area contributed by atoms with Crippen molar-refractivity contribution in [1.29, 1.82) is 0 Å². The summed E-state index contributed by atoms with van der Waals surface area (Å²) in [6, 6.07) is 9.01. The van der Waals surface area contributed by atoms with Crippen molar-refractivity contribution in [2.75, 3.05) is 54.6 Å². The molecule has 1 aliphatic rings. The summed E-state index contributed by atoms with van der Waals surface area (Å²) >= 11 is 0. The third-order valence-electron chi connectivity index (χ3n) is 6.79. The second-order valence-corrected chi connectivity index (χ2v) is 8.72. The van der Waals surface area contributed by atoms with E-state index in [-0.39, 0.29) is 11.1 Å². The van der Waals surface area contributed by atoms with Crippen LogP contribution in [0.3, 0.4) is 0 Å².